The molecule has 25 heavy (non-hydrogen) atoms. The van der Waals surface area contributed by atoms with E-state index in [1.807, 2.05) is 25.1 Å². The van der Waals surface area contributed by atoms with Crippen LogP contribution in [0.1, 0.15) is 24.9 Å². The van der Waals surface area contributed by atoms with E-state index in [9.17, 15) is 9.59 Å². The minimum absolute atomic E-state index is 0.126. The number of nitrogens with zero attached hydrogens (tertiary/aromatic N) is 4. The first-order valence-electron chi connectivity index (χ1n) is 7.42. The molecule has 2 amide bonds. The third-order valence-electron chi connectivity index (χ3n) is 3.84. The third-order valence-corrected chi connectivity index (χ3v) is 5.36. The minimum atomic E-state index is -0.131. The van der Waals surface area contributed by atoms with Crippen molar-refractivity contribution in [3.05, 3.63) is 56.9 Å². The number of aromatic nitrogens is 2. The Kier molecular flexibility index (Phi) is 4.91. The van der Waals surface area contributed by atoms with Crippen molar-refractivity contribution in [1.29, 1.82) is 0 Å². The summed E-state index contributed by atoms with van der Waals surface area (Å²) in [6.45, 7) is 1.93. The van der Waals surface area contributed by atoms with Gasteiger partial charge in [0.1, 0.15) is 9.75 Å². The second-order valence-electron chi connectivity index (χ2n) is 5.43. The van der Waals surface area contributed by atoms with Crippen molar-refractivity contribution in [2.75, 3.05) is 23.9 Å². The van der Waals surface area contributed by atoms with E-state index in [0.717, 1.165) is 11.3 Å². The second-order valence-corrected chi connectivity index (χ2v) is 7.20. The summed E-state index contributed by atoms with van der Waals surface area (Å²) in [5.41, 5.74) is 5.67. The van der Waals surface area contributed by atoms with E-state index in [2.05, 4.69) is 9.97 Å². The molecule has 3 rings (SSSR count). The third kappa shape index (κ3) is 3.45. The molecule has 0 aliphatic heterocycles. The molecule has 2 aromatic heterocycles. The van der Waals surface area contributed by atoms with Gasteiger partial charge in [0, 0.05) is 25.5 Å². The number of aryl methyl sites for hydroxylation is 1. The van der Waals surface area contributed by atoms with Crippen LogP contribution in [0.4, 0.5) is 11.4 Å². The van der Waals surface area contributed by atoms with Crippen LogP contribution >= 0.6 is 22.7 Å². The lowest BCUT2D eigenvalue weighted by Gasteiger charge is -2.22. The normalized spacial score (nSPS) is 10.5. The average Bonchev–Trinajstić information content (AvgIpc) is 3.33. The lowest BCUT2D eigenvalue weighted by Crippen LogP contribution is -2.28. The van der Waals surface area contributed by atoms with E-state index in [1.54, 1.807) is 47.3 Å². The first-order chi connectivity index (χ1) is 12.0. The maximum Gasteiger partial charge on any atom is 0.269 e. The molecule has 0 saturated heterocycles. The highest BCUT2D eigenvalue weighted by atomic mass is 32.1. The maximum absolute atomic E-state index is 12.6. The summed E-state index contributed by atoms with van der Waals surface area (Å²) in [4.78, 5) is 37.2. The summed E-state index contributed by atoms with van der Waals surface area (Å²) >= 11 is 2.60. The van der Waals surface area contributed by atoms with Crippen LogP contribution in [0.15, 0.2) is 41.6 Å². The lowest BCUT2D eigenvalue weighted by atomic mass is 10.1. The van der Waals surface area contributed by atoms with Gasteiger partial charge >= 0.3 is 0 Å². The van der Waals surface area contributed by atoms with E-state index in [0.29, 0.717) is 15.4 Å². The van der Waals surface area contributed by atoms with Gasteiger partial charge in [0.2, 0.25) is 0 Å². The van der Waals surface area contributed by atoms with Crippen molar-refractivity contribution in [3.8, 4) is 0 Å². The zero-order valence-electron chi connectivity index (χ0n) is 14.0. The smallest absolute Gasteiger partial charge is 0.269 e. The molecule has 8 heteroatoms. The van der Waals surface area contributed by atoms with Crippen molar-refractivity contribution < 1.29 is 9.59 Å². The number of carbonyl (C=O) groups excluding carboxylic acids is 2. The maximum atomic E-state index is 12.6. The predicted molar refractivity (Wildman–Crippen MR) is 101 cm³/mol. The van der Waals surface area contributed by atoms with Crippen LogP contribution in [-0.2, 0) is 0 Å². The number of rotatable bonds is 4. The summed E-state index contributed by atoms with van der Waals surface area (Å²) in [7, 11) is 3.43. The number of hydrogen-bond acceptors (Lipinski definition) is 6. The van der Waals surface area contributed by atoms with Gasteiger partial charge in [0.15, 0.2) is 0 Å². The monoisotopic (exact) mass is 372 g/mol. The molecule has 0 spiro atoms. The van der Waals surface area contributed by atoms with Crippen LogP contribution < -0.4 is 9.80 Å². The highest BCUT2D eigenvalue weighted by Crippen LogP contribution is 2.28. The Morgan fingerprint density at radius 3 is 2.00 bits per heavy atom. The van der Waals surface area contributed by atoms with Crippen molar-refractivity contribution in [2.24, 2.45) is 0 Å². The van der Waals surface area contributed by atoms with E-state index < -0.39 is 0 Å². The second kappa shape index (κ2) is 7.12. The molecule has 2 heterocycles. The number of anilines is 2. The molecule has 128 valence electrons. The summed E-state index contributed by atoms with van der Waals surface area (Å²) in [6, 6.07) is 5.60. The molecule has 1 aromatic carbocycles. The van der Waals surface area contributed by atoms with Crippen LogP contribution in [0, 0.1) is 6.92 Å². The van der Waals surface area contributed by atoms with Crippen LogP contribution in [0.2, 0.25) is 0 Å². The molecule has 0 aliphatic carbocycles. The number of thiazole rings is 2. The quantitative estimate of drug-likeness (QED) is 0.703. The molecule has 0 bridgehead atoms. The Hall–Kier alpha value is -2.58. The zero-order chi connectivity index (χ0) is 18.0. The Balaban J connectivity index is 1.90. The van der Waals surface area contributed by atoms with Crippen LogP contribution in [-0.4, -0.2) is 35.9 Å². The van der Waals surface area contributed by atoms with Gasteiger partial charge in [-0.05, 0) is 24.6 Å². The fourth-order valence-corrected chi connectivity index (χ4v) is 3.56. The highest BCUT2D eigenvalue weighted by Gasteiger charge is 2.20. The van der Waals surface area contributed by atoms with E-state index in [4.69, 9.17) is 0 Å². The van der Waals surface area contributed by atoms with Crippen LogP contribution in [0.5, 0.6) is 0 Å². The molecule has 0 N–H and O–H groups in total. The van der Waals surface area contributed by atoms with Crippen LogP contribution in [0.25, 0.3) is 0 Å². The Morgan fingerprint density at radius 1 is 0.920 bits per heavy atom. The molecule has 0 fully saturated rings. The molecule has 0 saturated carbocycles. The number of hydrogen-bond donors (Lipinski definition) is 0. The summed E-state index contributed by atoms with van der Waals surface area (Å²) < 4.78 is 0. The van der Waals surface area contributed by atoms with Gasteiger partial charge in [-0.1, -0.05) is 6.07 Å². The summed E-state index contributed by atoms with van der Waals surface area (Å²) in [6.07, 6.45) is 3.11. The molecule has 3 aromatic rings. The first-order valence-corrected chi connectivity index (χ1v) is 9.18. The van der Waals surface area contributed by atoms with Gasteiger partial charge < -0.3 is 9.80 Å². The van der Waals surface area contributed by atoms with Crippen molar-refractivity contribution in [2.45, 2.75) is 6.92 Å². The molecular weight excluding hydrogens is 356 g/mol. The van der Waals surface area contributed by atoms with Gasteiger partial charge in [0.25, 0.3) is 11.8 Å². The Bertz CT molecular complexity index is 892. The fourth-order valence-electron chi connectivity index (χ4n) is 2.37. The van der Waals surface area contributed by atoms with Gasteiger partial charge in [-0.15, -0.1) is 22.7 Å². The Morgan fingerprint density at radius 2 is 1.48 bits per heavy atom. The van der Waals surface area contributed by atoms with E-state index in [1.165, 1.54) is 22.7 Å². The number of benzene rings is 1. The fraction of sp³-hybridized carbons (Fsp3) is 0.176. The van der Waals surface area contributed by atoms with Crippen LogP contribution in [0.3, 0.4) is 0 Å². The molecule has 0 radical (unpaired) electrons. The van der Waals surface area contributed by atoms with E-state index >= 15 is 0 Å². The number of amides is 2. The Labute approximate surface area is 153 Å². The van der Waals surface area contributed by atoms with Gasteiger partial charge in [-0.25, -0.2) is 0 Å². The van der Waals surface area contributed by atoms with Gasteiger partial charge in [-0.3, -0.25) is 19.6 Å². The topological polar surface area (TPSA) is 66.4 Å². The zero-order valence-corrected chi connectivity index (χ0v) is 15.6. The molecule has 6 nitrogen and oxygen atoms in total. The lowest BCUT2D eigenvalue weighted by molar-refractivity contribution is 0.0990. The predicted octanol–water partition coefficient (Wildman–Crippen LogP) is 3.46. The minimum Gasteiger partial charge on any atom is -0.311 e. The molecule has 0 atom stereocenters. The largest absolute Gasteiger partial charge is 0.311 e. The average molecular weight is 372 g/mol. The SMILES string of the molecule is Cc1ccc(N(C)C(=O)c2cncs2)cc1N(C)C(=O)c1cncs1. The van der Waals surface area contributed by atoms with Gasteiger partial charge in [-0.2, -0.15) is 0 Å². The standard InChI is InChI=1S/C17H16N4O2S2/c1-11-4-5-12(20(2)16(22)14-7-18-9-24-14)6-13(11)21(3)17(23)15-8-19-10-25-15/h4-10H,1-3H3. The highest BCUT2D eigenvalue weighted by molar-refractivity contribution is 7.12. The van der Waals surface area contributed by atoms with Crippen molar-refractivity contribution >= 4 is 45.9 Å². The van der Waals surface area contributed by atoms with E-state index in [-0.39, 0.29) is 11.8 Å². The first kappa shape index (κ1) is 17.2. The summed E-state index contributed by atoms with van der Waals surface area (Å²) in [5, 5.41) is 0. The molecular formula is C17H16N4O2S2. The summed E-state index contributed by atoms with van der Waals surface area (Å²) in [5.74, 6) is -0.257. The molecule has 0 unspecified atom stereocenters. The molecule has 0 aliphatic rings. The van der Waals surface area contributed by atoms with Crippen molar-refractivity contribution in [3.63, 3.8) is 0 Å². The number of carbonyl (C=O) groups is 2. The van der Waals surface area contributed by atoms with Crippen molar-refractivity contribution in [1.82, 2.24) is 9.97 Å². The van der Waals surface area contributed by atoms with Gasteiger partial charge in [0.05, 0.1) is 23.4 Å².